The maximum absolute atomic E-state index is 12.1. The number of hydrogen-bond donors (Lipinski definition) is 1. The lowest BCUT2D eigenvalue weighted by Crippen LogP contribution is -2.45. The van der Waals surface area contributed by atoms with Crippen LogP contribution in [0.15, 0.2) is 5.51 Å². The van der Waals surface area contributed by atoms with Crippen molar-refractivity contribution < 1.29 is 9.53 Å². The van der Waals surface area contributed by atoms with E-state index < -0.39 is 0 Å². The number of aryl methyl sites for hydroxylation is 1. The molecule has 0 aromatic carbocycles. The average molecular weight is 297 g/mol. The molecule has 2 atom stereocenters. The predicted molar refractivity (Wildman–Crippen MR) is 79.8 cm³/mol. The molecule has 1 fully saturated rings. The van der Waals surface area contributed by atoms with Crippen LogP contribution in [0.3, 0.4) is 0 Å². The molecule has 0 unspecified atom stereocenters. The van der Waals surface area contributed by atoms with Crippen LogP contribution in [-0.2, 0) is 16.1 Å². The van der Waals surface area contributed by atoms with Crippen LogP contribution in [0.5, 0.6) is 0 Å². The minimum atomic E-state index is -0.155. The molecule has 1 saturated heterocycles. The summed E-state index contributed by atoms with van der Waals surface area (Å²) in [6.45, 7) is 6.13. The molecule has 20 heavy (non-hydrogen) atoms. The van der Waals surface area contributed by atoms with Crippen LogP contribution in [0.1, 0.15) is 30.3 Å². The van der Waals surface area contributed by atoms with Crippen molar-refractivity contribution in [1.29, 1.82) is 0 Å². The molecule has 1 aromatic rings. The van der Waals surface area contributed by atoms with E-state index in [9.17, 15) is 4.79 Å². The predicted octanol–water partition coefficient (Wildman–Crippen LogP) is 1.57. The van der Waals surface area contributed by atoms with Gasteiger partial charge in [0.2, 0.25) is 5.91 Å². The Morgan fingerprint density at radius 1 is 1.70 bits per heavy atom. The smallest absolute Gasteiger partial charge is 0.237 e. The SMILES string of the molecule is Cc1ncsc1CN(C)[C@@H](C)C(=O)NC[C@H]1CCCO1. The second kappa shape index (κ2) is 7.15. The fraction of sp³-hybridized carbons (Fsp3) is 0.714. The van der Waals surface area contributed by atoms with E-state index >= 15 is 0 Å². The van der Waals surface area contributed by atoms with Crippen molar-refractivity contribution >= 4 is 17.2 Å². The minimum absolute atomic E-state index is 0.0603. The Bertz CT molecular complexity index is 443. The zero-order valence-corrected chi connectivity index (χ0v) is 13.2. The fourth-order valence-corrected chi connectivity index (χ4v) is 3.05. The number of aromatic nitrogens is 1. The number of nitrogens with one attached hydrogen (secondary N) is 1. The number of hydrogen-bond acceptors (Lipinski definition) is 5. The highest BCUT2D eigenvalue weighted by Gasteiger charge is 2.21. The van der Waals surface area contributed by atoms with Crippen molar-refractivity contribution in [3.05, 3.63) is 16.1 Å². The van der Waals surface area contributed by atoms with E-state index in [0.717, 1.165) is 31.7 Å². The first-order chi connectivity index (χ1) is 9.58. The Labute approximate surface area is 124 Å². The number of carbonyl (C=O) groups is 1. The van der Waals surface area contributed by atoms with Crippen molar-refractivity contribution in [3.63, 3.8) is 0 Å². The third kappa shape index (κ3) is 4.01. The molecule has 1 N–H and O–H groups in total. The molecule has 0 radical (unpaired) electrons. The fourth-order valence-electron chi connectivity index (χ4n) is 2.21. The number of nitrogens with zero attached hydrogens (tertiary/aromatic N) is 2. The number of carbonyl (C=O) groups excluding carboxylic acids is 1. The Kier molecular flexibility index (Phi) is 5.51. The average Bonchev–Trinajstić information content (AvgIpc) is 3.07. The first-order valence-electron chi connectivity index (χ1n) is 7.06. The molecule has 1 aliphatic heterocycles. The van der Waals surface area contributed by atoms with E-state index in [1.54, 1.807) is 11.3 Å². The zero-order valence-electron chi connectivity index (χ0n) is 12.4. The molecule has 1 aromatic heterocycles. The molecular weight excluding hydrogens is 274 g/mol. The van der Waals surface area contributed by atoms with E-state index in [1.165, 1.54) is 4.88 Å². The van der Waals surface area contributed by atoms with Crippen molar-refractivity contribution in [3.8, 4) is 0 Å². The summed E-state index contributed by atoms with van der Waals surface area (Å²) in [6, 6.07) is -0.155. The van der Waals surface area contributed by atoms with Crippen LogP contribution in [0.25, 0.3) is 0 Å². The molecule has 1 amide bonds. The normalized spacial score (nSPS) is 20.3. The Morgan fingerprint density at radius 2 is 2.50 bits per heavy atom. The molecule has 0 aliphatic carbocycles. The molecule has 0 bridgehead atoms. The van der Waals surface area contributed by atoms with Crippen molar-refractivity contribution in [2.45, 2.75) is 45.4 Å². The monoisotopic (exact) mass is 297 g/mol. The minimum Gasteiger partial charge on any atom is -0.376 e. The highest BCUT2D eigenvalue weighted by Crippen LogP contribution is 2.15. The van der Waals surface area contributed by atoms with Gasteiger partial charge in [-0.05, 0) is 33.7 Å². The summed E-state index contributed by atoms with van der Waals surface area (Å²) in [4.78, 5) is 19.6. The van der Waals surface area contributed by atoms with Gasteiger partial charge < -0.3 is 10.1 Å². The first-order valence-corrected chi connectivity index (χ1v) is 7.94. The highest BCUT2D eigenvalue weighted by molar-refractivity contribution is 7.09. The zero-order chi connectivity index (χ0) is 14.5. The van der Waals surface area contributed by atoms with Gasteiger partial charge in [-0.1, -0.05) is 0 Å². The summed E-state index contributed by atoms with van der Waals surface area (Å²) in [5.41, 5.74) is 2.90. The van der Waals surface area contributed by atoms with Gasteiger partial charge in [0.15, 0.2) is 0 Å². The van der Waals surface area contributed by atoms with E-state index in [1.807, 2.05) is 31.3 Å². The second-order valence-corrected chi connectivity index (χ2v) is 6.27. The molecule has 6 heteroatoms. The summed E-state index contributed by atoms with van der Waals surface area (Å²) >= 11 is 1.64. The molecular formula is C14H23N3O2S. The molecule has 2 heterocycles. The van der Waals surface area contributed by atoms with Crippen LogP contribution in [0.2, 0.25) is 0 Å². The number of ether oxygens (including phenoxy) is 1. The summed E-state index contributed by atoms with van der Waals surface area (Å²) in [5, 5.41) is 2.98. The van der Waals surface area contributed by atoms with Gasteiger partial charge in [-0.3, -0.25) is 9.69 Å². The summed E-state index contributed by atoms with van der Waals surface area (Å²) in [6.07, 6.45) is 2.34. The Morgan fingerprint density at radius 3 is 3.10 bits per heavy atom. The van der Waals surface area contributed by atoms with E-state index in [4.69, 9.17) is 4.74 Å². The summed E-state index contributed by atoms with van der Waals surface area (Å²) in [7, 11) is 1.97. The molecule has 112 valence electrons. The summed E-state index contributed by atoms with van der Waals surface area (Å²) in [5.74, 6) is 0.0603. The van der Waals surface area contributed by atoms with Gasteiger partial charge in [-0.15, -0.1) is 11.3 Å². The third-order valence-electron chi connectivity index (χ3n) is 3.81. The lowest BCUT2D eigenvalue weighted by atomic mass is 10.2. The van der Waals surface area contributed by atoms with E-state index in [2.05, 4.69) is 10.3 Å². The number of thiazole rings is 1. The van der Waals surface area contributed by atoms with Crippen LogP contribution in [0, 0.1) is 6.92 Å². The van der Waals surface area contributed by atoms with Crippen LogP contribution in [0.4, 0.5) is 0 Å². The number of likely N-dealkylation sites (N-methyl/N-ethyl adjacent to an activating group) is 1. The van der Waals surface area contributed by atoms with Gasteiger partial charge in [0.05, 0.1) is 23.4 Å². The molecule has 0 spiro atoms. The van der Waals surface area contributed by atoms with Crippen LogP contribution < -0.4 is 5.32 Å². The third-order valence-corrected chi connectivity index (χ3v) is 4.73. The van der Waals surface area contributed by atoms with Crippen molar-refractivity contribution in [2.75, 3.05) is 20.2 Å². The summed E-state index contributed by atoms with van der Waals surface area (Å²) < 4.78 is 5.51. The lowest BCUT2D eigenvalue weighted by molar-refractivity contribution is -0.126. The standard InChI is InChI=1S/C14H23N3O2S/c1-10-13(20-9-16-10)8-17(3)11(2)14(18)15-7-12-5-4-6-19-12/h9,11-12H,4-8H2,1-3H3,(H,15,18)/t11-,12+/m0/s1. The largest absolute Gasteiger partial charge is 0.376 e. The molecule has 5 nitrogen and oxygen atoms in total. The van der Waals surface area contributed by atoms with Gasteiger partial charge in [0.25, 0.3) is 0 Å². The maximum Gasteiger partial charge on any atom is 0.237 e. The van der Waals surface area contributed by atoms with Crippen molar-refractivity contribution in [2.24, 2.45) is 0 Å². The second-order valence-electron chi connectivity index (χ2n) is 5.33. The van der Waals surface area contributed by atoms with Crippen LogP contribution >= 0.6 is 11.3 Å². The number of amides is 1. The van der Waals surface area contributed by atoms with Gasteiger partial charge >= 0.3 is 0 Å². The van der Waals surface area contributed by atoms with E-state index in [0.29, 0.717) is 6.54 Å². The van der Waals surface area contributed by atoms with Gasteiger partial charge in [-0.2, -0.15) is 0 Å². The maximum atomic E-state index is 12.1. The molecule has 1 aliphatic rings. The molecule has 2 rings (SSSR count). The Balaban J connectivity index is 1.78. The van der Waals surface area contributed by atoms with Crippen LogP contribution in [-0.4, -0.2) is 48.1 Å². The highest BCUT2D eigenvalue weighted by atomic mass is 32.1. The first kappa shape index (κ1) is 15.4. The Hall–Kier alpha value is -0.980. The number of rotatable bonds is 6. The quantitative estimate of drug-likeness (QED) is 0.866. The van der Waals surface area contributed by atoms with Gasteiger partial charge in [-0.25, -0.2) is 4.98 Å². The van der Waals surface area contributed by atoms with Crippen molar-refractivity contribution in [1.82, 2.24) is 15.2 Å². The molecule has 0 saturated carbocycles. The van der Waals surface area contributed by atoms with Gasteiger partial charge in [0.1, 0.15) is 0 Å². The van der Waals surface area contributed by atoms with Gasteiger partial charge in [0, 0.05) is 24.6 Å². The van der Waals surface area contributed by atoms with E-state index in [-0.39, 0.29) is 18.1 Å². The lowest BCUT2D eigenvalue weighted by Gasteiger charge is -2.24. The topological polar surface area (TPSA) is 54.5 Å².